The van der Waals surface area contributed by atoms with Crippen molar-refractivity contribution < 1.29 is 19.1 Å². The molecule has 0 saturated heterocycles. The maximum atomic E-state index is 12.6. The van der Waals surface area contributed by atoms with E-state index in [1.807, 2.05) is 31.2 Å². The Hall–Kier alpha value is -2.63. The third kappa shape index (κ3) is 4.01. The van der Waals surface area contributed by atoms with Crippen molar-refractivity contribution in [1.82, 2.24) is 9.88 Å². The first-order chi connectivity index (χ1) is 11.5. The van der Waals surface area contributed by atoms with Gasteiger partial charge < -0.3 is 14.4 Å². The molecule has 0 N–H and O–H groups in total. The van der Waals surface area contributed by atoms with Crippen LogP contribution in [0.3, 0.4) is 0 Å². The molecule has 0 radical (unpaired) electrons. The van der Waals surface area contributed by atoms with E-state index in [0.717, 1.165) is 16.7 Å². The zero-order chi connectivity index (χ0) is 17.7. The van der Waals surface area contributed by atoms with Gasteiger partial charge in [0.2, 0.25) is 0 Å². The van der Waals surface area contributed by atoms with Crippen molar-refractivity contribution in [2.24, 2.45) is 0 Å². The molecule has 0 aliphatic rings. The van der Waals surface area contributed by atoms with E-state index in [1.54, 1.807) is 19.1 Å². The van der Waals surface area contributed by atoms with Crippen LogP contribution in [0.2, 0.25) is 0 Å². The van der Waals surface area contributed by atoms with Crippen molar-refractivity contribution >= 4 is 22.8 Å². The fraction of sp³-hybridized carbons (Fsp3) is 0.389. The van der Waals surface area contributed by atoms with E-state index in [4.69, 9.17) is 4.74 Å². The molecule has 6 heteroatoms. The van der Waals surface area contributed by atoms with Crippen LogP contribution in [-0.4, -0.2) is 49.6 Å². The highest BCUT2D eigenvalue weighted by Crippen LogP contribution is 2.22. The molecule has 1 aromatic carbocycles. The molecule has 0 atom stereocenters. The predicted molar refractivity (Wildman–Crippen MR) is 91.2 cm³/mol. The first kappa shape index (κ1) is 17.7. The minimum atomic E-state index is -0.270. The van der Waals surface area contributed by atoms with Crippen molar-refractivity contribution in [2.75, 3.05) is 27.8 Å². The van der Waals surface area contributed by atoms with Crippen molar-refractivity contribution in [1.29, 1.82) is 0 Å². The molecule has 0 saturated carbocycles. The molecule has 2 rings (SSSR count). The smallest absolute Gasteiger partial charge is 0.305 e. The van der Waals surface area contributed by atoms with Gasteiger partial charge in [-0.1, -0.05) is 0 Å². The Balaban J connectivity index is 2.16. The molecular weight excluding hydrogens is 308 g/mol. The van der Waals surface area contributed by atoms with Crippen LogP contribution in [0.1, 0.15) is 28.9 Å². The van der Waals surface area contributed by atoms with Gasteiger partial charge in [-0.05, 0) is 31.5 Å². The summed E-state index contributed by atoms with van der Waals surface area (Å²) in [7, 11) is 4.68. The van der Waals surface area contributed by atoms with Crippen molar-refractivity contribution in [2.45, 2.75) is 19.8 Å². The average molecular weight is 330 g/mol. The highest BCUT2D eigenvalue weighted by molar-refractivity contribution is 5.98. The number of hydrogen-bond acceptors (Lipinski definition) is 5. The number of pyridine rings is 1. The van der Waals surface area contributed by atoms with Gasteiger partial charge in [0.15, 0.2) is 0 Å². The van der Waals surface area contributed by atoms with Gasteiger partial charge in [0.25, 0.3) is 5.91 Å². The number of esters is 1. The fourth-order valence-corrected chi connectivity index (χ4v) is 2.46. The quantitative estimate of drug-likeness (QED) is 0.762. The van der Waals surface area contributed by atoms with Gasteiger partial charge >= 0.3 is 5.97 Å². The Labute approximate surface area is 141 Å². The van der Waals surface area contributed by atoms with Crippen LogP contribution in [0.4, 0.5) is 0 Å². The number of hydrogen-bond donors (Lipinski definition) is 0. The van der Waals surface area contributed by atoms with E-state index < -0.39 is 0 Å². The number of carbonyl (C=O) groups excluding carboxylic acids is 2. The molecule has 1 amide bonds. The van der Waals surface area contributed by atoms with Crippen LogP contribution in [0.25, 0.3) is 10.9 Å². The van der Waals surface area contributed by atoms with E-state index in [-0.39, 0.29) is 11.9 Å². The third-order valence-electron chi connectivity index (χ3n) is 3.89. The number of benzene rings is 1. The lowest BCUT2D eigenvalue weighted by molar-refractivity contribution is -0.140. The van der Waals surface area contributed by atoms with Gasteiger partial charge in [0.05, 0.1) is 31.0 Å². The minimum Gasteiger partial charge on any atom is -0.497 e. The first-order valence-electron chi connectivity index (χ1n) is 7.74. The molecule has 0 bridgehead atoms. The largest absolute Gasteiger partial charge is 0.497 e. The molecule has 128 valence electrons. The van der Waals surface area contributed by atoms with E-state index in [9.17, 15) is 9.59 Å². The molecule has 0 fully saturated rings. The average Bonchev–Trinajstić information content (AvgIpc) is 2.59. The number of rotatable bonds is 6. The molecule has 0 spiro atoms. The predicted octanol–water partition coefficient (Wildman–Crippen LogP) is 2.58. The normalized spacial score (nSPS) is 10.5. The van der Waals surface area contributed by atoms with Crippen LogP contribution < -0.4 is 4.74 Å². The number of aromatic nitrogens is 1. The van der Waals surface area contributed by atoms with E-state index >= 15 is 0 Å². The summed E-state index contributed by atoms with van der Waals surface area (Å²) in [6.07, 6.45) is 0.856. The topological polar surface area (TPSA) is 68.7 Å². The first-order valence-corrected chi connectivity index (χ1v) is 7.74. The van der Waals surface area contributed by atoms with Gasteiger partial charge in [-0.2, -0.15) is 0 Å². The molecule has 2 aromatic rings. The number of nitrogens with zero attached hydrogens (tertiary/aromatic N) is 2. The van der Waals surface area contributed by atoms with Crippen LogP contribution >= 0.6 is 0 Å². The molecule has 0 aliphatic heterocycles. The summed E-state index contributed by atoms with van der Waals surface area (Å²) in [6, 6.07) is 7.41. The molecule has 24 heavy (non-hydrogen) atoms. The number of fused-ring (bicyclic) bond motifs is 1. The number of ether oxygens (including phenoxy) is 2. The molecule has 6 nitrogen and oxygen atoms in total. The standard InChI is InChI=1S/C18H22N2O4/c1-12-15(18(22)20(2)9-5-6-17(21)24-4)10-13-7-8-14(23-3)11-16(13)19-12/h7-8,10-11H,5-6,9H2,1-4H3. The second-order valence-corrected chi connectivity index (χ2v) is 5.59. The summed E-state index contributed by atoms with van der Waals surface area (Å²) in [5.41, 5.74) is 2.02. The van der Waals surface area contributed by atoms with Crippen molar-refractivity contribution in [3.05, 3.63) is 35.5 Å². The Bertz CT molecular complexity index is 758. The maximum Gasteiger partial charge on any atom is 0.305 e. The second kappa shape index (κ2) is 7.77. The lowest BCUT2D eigenvalue weighted by atomic mass is 10.1. The summed E-state index contributed by atoms with van der Waals surface area (Å²) in [5.74, 6) is 0.351. The highest BCUT2D eigenvalue weighted by Gasteiger charge is 2.16. The van der Waals surface area contributed by atoms with Gasteiger partial charge in [-0.15, -0.1) is 0 Å². The number of methoxy groups -OCH3 is 2. The van der Waals surface area contributed by atoms with Gasteiger partial charge in [0, 0.05) is 31.5 Å². The van der Waals surface area contributed by atoms with Crippen LogP contribution in [0.5, 0.6) is 5.75 Å². The molecule has 1 heterocycles. The molecule has 0 aliphatic carbocycles. The fourth-order valence-electron chi connectivity index (χ4n) is 2.46. The number of amides is 1. The molecular formula is C18H22N2O4. The molecule has 1 aromatic heterocycles. The summed E-state index contributed by atoms with van der Waals surface area (Å²) >= 11 is 0. The summed E-state index contributed by atoms with van der Waals surface area (Å²) in [5, 5.41) is 0.882. The Morgan fingerprint density at radius 2 is 1.96 bits per heavy atom. The monoisotopic (exact) mass is 330 g/mol. The van der Waals surface area contributed by atoms with Crippen molar-refractivity contribution in [3.8, 4) is 5.75 Å². The van der Waals surface area contributed by atoms with Crippen molar-refractivity contribution in [3.63, 3.8) is 0 Å². The number of carbonyl (C=O) groups is 2. The van der Waals surface area contributed by atoms with Crippen LogP contribution in [-0.2, 0) is 9.53 Å². The Morgan fingerprint density at radius 3 is 2.62 bits per heavy atom. The summed E-state index contributed by atoms with van der Waals surface area (Å²) < 4.78 is 9.80. The summed E-state index contributed by atoms with van der Waals surface area (Å²) in [6.45, 7) is 2.29. The Morgan fingerprint density at radius 1 is 1.21 bits per heavy atom. The zero-order valence-corrected chi connectivity index (χ0v) is 14.5. The van der Waals surface area contributed by atoms with E-state index in [2.05, 4.69) is 9.72 Å². The Kier molecular flexibility index (Phi) is 5.73. The molecule has 0 unspecified atom stereocenters. The lowest BCUT2D eigenvalue weighted by Crippen LogP contribution is -2.29. The maximum absolute atomic E-state index is 12.6. The SMILES string of the molecule is COC(=O)CCCN(C)C(=O)c1cc2ccc(OC)cc2nc1C. The summed E-state index contributed by atoms with van der Waals surface area (Å²) in [4.78, 5) is 29.9. The van der Waals surface area contributed by atoms with Crippen LogP contribution in [0, 0.1) is 6.92 Å². The lowest BCUT2D eigenvalue weighted by Gasteiger charge is -2.18. The zero-order valence-electron chi connectivity index (χ0n) is 14.5. The minimum absolute atomic E-state index is 0.109. The highest BCUT2D eigenvalue weighted by atomic mass is 16.5. The van der Waals surface area contributed by atoms with Gasteiger partial charge in [-0.3, -0.25) is 14.6 Å². The van der Waals surface area contributed by atoms with Gasteiger partial charge in [-0.25, -0.2) is 0 Å². The van der Waals surface area contributed by atoms with Gasteiger partial charge in [0.1, 0.15) is 5.75 Å². The van der Waals surface area contributed by atoms with Crippen LogP contribution in [0.15, 0.2) is 24.3 Å². The number of aryl methyl sites for hydroxylation is 1. The van der Waals surface area contributed by atoms with E-state index in [0.29, 0.717) is 30.6 Å². The second-order valence-electron chi connectivity index (χ2n) is 5.59. The van der Waals surface area contributed by atoms with E-state index in [1.165, 1.54) is 7.11 Å². The third-order valence-corrected chi connectivity index (χ3v) is 3.89.